The van der Waals surface area contributed by atoms with Crippen LogP contribution in [0.2, 0.25) is 0 Å². The van der Waals surface area contributed by atoms with Gasteiger partial charge in [-0.1, -0.05) is 13.8 Å². The zero-order valence-electron chi connectivity index (χ0n) is 12.5. The highest BCUT2D eigenvalue weighted by Gasteiger charge is 2.38. The zero-order valence-corrected chi connectivity index (χ0v) is 12.5. The van der Waals surface area contributed by atoms with E-state index in [1.807, 2.05) is 19.3 Å². The predicted octanol–water partition coefficient (Wildman–Crippen LogP) is 1.69. The minimum atomic E-state index is 0.376. The van der Waals surface area contributed by atoms with Crippen LogP contribution in [0.4, 0.5) is 5.95 Å². The second-order valence-electron chi connectivity index (χ2n) is 6.38. The van der Waals surface area contributed by atoms with Gasteiger partial charge in [0.05, 0.1) is 12.7 Å². The maximum Gasteiger partial charge on any atom is 0.222 e. The highest BCUT2D eigenvalue weighted by atomic mass is 16.5. The molecule has 3 atom stereocenters. The predicted molar refractivity (Wildman–Crippen MR) is 78.7 cm³/mol. The van der Waals surface area contributed by atoms with Crippen molar-refractivity contribution in [1.29, 1.82) is 0 Å². The van der Waals surface area contributed by atoms with Gasteiger partial charge in [-0.15, -0.1) is 0 Å². The molecule has 110 valence electrons. The molecule has 3 rings (SSSR count). The lowest BCUT2D eigenvalue weighted by Gasteiger charge is -2.36. The lowest BCUT2D eigenvalue weighted by Crippen LogP contribution is -2.48. The van der Waals surface area contributed by atoms with Gasteiger partial charge >= 0.3 is 0 Å². The fourth-order valence-electron chi connectivity index (χ4n) is 3.06. The number of aryl methyl sites for hydroxylation is 1. The Morgan fingerprint density at radius 3 is 2.75 bits per heavy atom. The number of anilines is 1. The quantitative estimate of drug-likeness (QED) is 0.910. The summed E-state index contributed by atoms with van der Waals surface area (Å²) in [4.78, 5) is 11.2. The van der Waals surface area contributed by atoms with Crippen LogP contribution in [-0.2, 0) is 4.74 Å². The van der Waals surface area contributed by atoms with Gasteiger partial charge in [-0.2, -0.15) is 0 Å². The SMILES string of the molecule is Cc1cnc(N[C@H]2C[C@H]3CO[C@H](C(C)C)CN3C2)nc1. The first-order chi connectivity index (χ1) is 9.61. The molecule has 0 aliphatic carbocycles. The second-order valence-corrected chi connectivity index (χ2v) is 6.38. The van der Waals surface area contributed by atoms with Gasteiger partial charge in [-0.05, 0) is 24.8 Å². The van der Waals surface area contributed by atoms with E-state index < -0.39 is 0 Å². The van der Waals surface area contributed by atoms with Crippen molar-refractivity contribution in [3.05, 3.63) is 18.0 Å². The van der Waals surface area contributed by atoms with Crippen LogP contribution in [-0.4, -0.2) is 52.8 Å². The molecule has 2 saturated heterocycles. The summed E-state index contributed by atoms with van der Waals surface area (Å²) in [6.45, 7) is 9.44. The van der Waals surface area contributed by atoms with Gasteiger partial charge < -0.3 is 10.1 Å². The average Bonchev–Trinajstić information content (AvgIpc) is 2.82. The van der Waals surface area contributed by atoms with Gasteiger partial charge in [0, 0.05) is 37.6 Å². The summed E-state index contributed by atoms with van der Waals surface area (Å²) in [5, 5.41) is 3.45. The molecular formula is C15H24N4O. The van der Waals surface area contributed by atoms with Crippen molar-refractivity contribution in [2.75, 3.05) is 25.0 Å². The van der Waals surface area contributed by atoms with Gasteiger partial charge in [0.15, 0.2) is 0 Å². The van der Waals surface area contributed by atoms with E-state index >= 15 is 0 Å². The number of rotatable bonds is 3. The van der Waals surface area contributed by atoms with E-state index in [-0.39, 0.29) is 0 Å². The molecule has 0 saturated carbocycles. The molecule has 2 aliphatic heterocycles. The lowest BCUT2D eigenvalue weighted by atomic mass is 10.0. The van der Waals surface area contributed by atoms with Crippen LogP contribution in [0.1, 0.15) is 25.8 Å². The van der Waals surface area contributed by atoms with Crippen molar-refractivity contribution >= 4 is 5.95 Å². The van der Waals surface area contributed by atoms with Crippen LogP contribution >= 0.6 is 0 Å². The molecule has 1 aromatic heterocycles. The van der Waals surface area contributed by atoms with Crippen molar-refractivity contribution in [1.82, 2.24) is 14.9 Å². The van der Waals surface area contributed by atoms with Crippen LogP contribution in [0.15, 0.2) is 12.4 Å². The van der Waals surface area contributed by atoms with Gasteiger partial charge in [-0.25, -0.2) is 9.97 Å². The van der Waals surface area contributed by atoms with Gasteiger partial charge in [0.25, 0.3) is 0 Å². The highest BCUT2D eigenvalue weighted by molar-refractivity contribution is 5.27. The standard InChI is InChI=1S/C15H24N4O/c1-10(2)14-8-19-7-12(4-13(19)9-20-14)18-15-16-5-11(3)6-17-15/h5-6,10,12-14H,4,7-9H2,1-3H3,(H,16,17,18)/t12-,13-,14-/m0/s1. The highest BCUT2D eigenvalue weighted by Crippen LogP contribution is 2.26. The van der Waals surface area contributed by atoms with Gasteiger partial charge in [-0.3, -0.25) is 4.90 Å². The first-order valence-corrected chi connectivity index (χ1v) is 7.52. The number of hydrogen-bond donors (Lipinski definition) is 1. The Balaban J connectivity index is 1.58. The molecule has 0 unspecified atom stereocenters. The fourth-order valence-corrected chi connectivity index (χ4v) is 3.06. The zero-order chi connectivity index (χ0) is 14.1. The van der Waals surface area contributed by atoms with Crippen molar-refractivity contribution < 1.29 is 4.74 Å². The molecule has 0 aromatic carbocycles. The van der Waals surface area contributed by atoms with Crippen LogP contribution < -0.4 is 5.32 Å². The van der Waals surface area contributed by atoms with Crippen molar-refractivity contribution in [2.24, 2.45) is 5.92 Å². The Morgan fingerprint density at radius 2 is 2.05 bits per heavy atom. The average molecular weight is 276 g/mol. The summed E-state index contributed by atoms with van der Waals surface area (Å²) in [7, 11) is 0. The van der Waals surface area contributed by atoms with E-state index in [1.54, 1.807) is 0 Å². The summed E-state index contributed by atoms with van der Waals surface area (Å²) >= 11 is 0. The molecular weight excluding hydrogens is 252 g/mol. The van der Waals surface area contributed by atoms with Crippen LogP contribution in [0, 0.1) is 12.8 Å². The summed E-state index contributed by atoms with van der Waals surface area (Å²) in [5.74, 6) is 1.32. The summed E-state index contributed by atoms with van der Waals surface area (Å²) in [6, 6.07) is 0.977. The maximum atomic E-state index is 5.97. The maximum absolute atomic E-state index is 5.97. The number of nitrogens with one attached hydrogen (secondary N) is 1. The third-order valence-electron chi connectivity index (χ3n) is 4.30. The van der Waals surface area contributed by atoms with Crippen LogP contribution in [0.5, 0.6) is 0 Å². The molecule has 0 bridgehead atoms. The van der Waals surface area contributed by atoms with E-state index in [9.17, 15) is 0 Å². The fraction of sp³-hybridized carbons (Fsp3) is 0.733. The molecule has 20 heavy (non-hydrogen) atoms. The lowest BCUT2D eigenvalue weighted by molar-refractivity contribution is -0.0683. The molecule has 0 radical (unpaired) electrons. The minimum Gasteiger partial charge on any atom is -0.375 e. The topological polar surface area (TPSA) is 50.3 Å². The van der Waals surface area contributed by atoms with E-state index in [0.717, 1.165) is 37.6 Å². The first kappa shape index (κ1) is 13.8. The molecule has 0 spiro atoms. The third kappa shape index (κ3) is 2.94. The van der Waals surface area contributed by atoms with Crippen molar-refractivity contribution in [3.63, 3.8) is 0 Å². The summed E-state index contributed by atoms with van der Waals surface area (Å²) in [5.41, 5.74) is 1.09. The number of ether oxygens (including phenoxy) is 1. The van der Waals surface area contributed by atoms with Crippen molar-refractivity contribution in [2.45, 2.75) is 45.4 Å². The molecule has 3 heterocycles. The molecule has 2 fully saturated rings. The number of aromatic nitrogens is 2. The van der Waals surface area contributed by atoms with Crippen molar-refractivity contribution in [3.8, 4) is 0 Å². The van der Waals surface area contributed by atoms with E-state index in [2.05, 4.69) is 34.0 Å². The number of fused-ring (bicyclic) bond motifs is 1. The number of morpholine rings is 1. The minimum absolute atomic E-state index is 0.376. The molecule has 2 aliphatic rings. The Bertz CT molecular complexity index is 448. The molecule has 5 nitrogen and oxygen atoms in total. The van der Waals surface area contributed by atoms with E-state index in [1.165, 1.54) is 0 Å². The van der Waals surface area contributed by atoms with Gasteiger partial charge in [0.2, 0.25) is 5.95 Å². The third-order valence-corrected chi connectivity index (χ3v) is 4.30. The Labute approximate surface area is 120 Å². The summed E-state index contributed by atoms with van der Waals surface area (Å²) < 4.78 is 5.97. The van der Waals surface area contributed by atoms with Crippen LogP contribution in [0.3, 0.4) is 0 Å². The van der Waals surface area contributed by atoms with E-state index in [0.29, 0.717) is 24.1 Å². The molecule has 1 aromatic rings. The monoisotopic (exact) mass is 276 g/mol. The Morgan fingerprint density at radius 1 is 1.30 bits per heavy atom. The molecule has 5 heteroatoms. The second kappa shape index (κ2) is 5.66. The van der Waals surface area contributed by atoms with E-state index in [4.69, 9.17) is 4.74 Å². The largest absolute Gasteiger partial charge is 0.375 e. The Kier molecular flexibility index (Phi) is 3.89. The number of nitrogens with zero attached hydrogens (tertiary/aromatic N) is 3. The molecule has 1 N–H and O–H groups in total. The smallest absolute Gasteiger partial charge is 0.222 e. The normalized spacial score (nSPS) is 30.5. The number of hydrogen-bond acceptors (Lipinski definition) is 5. The Hall–Kier alpha value is -1.20. The van der Waals surface area contributed by atoms with Gasteiger partial charge in [0.1, 0.15) is 0 Å². The van der Waals surface area contributed by atoms with Crippen LogP contribution in [0.25, 0.3) is 0 Å². The summed E-state index contributed by atoms with van der Waals surface area (Å²) in [6.07, 6.45) is 5.20. The first-order valence-electron chi connectivity index (χ1n) is 7.52. The molecule has 0 amide bonds.